The first kappa shape index (κ1) is 13.8. The van der Waals surface area contributed by atoms with Crippen LogP contribution in [0.15, 0.2) is 6.07 Å². The van der Waals surface area contributed by atoms with Crippen LogP contribution in [0.3, 0.4) is 0 Å². The van der Waals surface area contributed by atoms with Crippen LogP contribution < -0.4 is 11.1 Å². The Labute approximate surface area is 121 Å². The van der Waals surface area contributed by atoms with Crippen LogP contribution in [-0.4, -0.2) is 22.7 Å². The van der Waals surface area contributed by atoms with Crippen LogP contribution >= 0.6 is 35.3 Å². The standard InChI is InChI=1S/C12H16N2OS3/c1-7(4-11(13)16)14-12(15)10-5-8-6-17-3-2-9(8)18-10/h5,7H,2-4,6H2,1H3,(H2,13,16)(H,14,15). The monoisotopic (exact) mass is 300 g/mol. The maximum absolute atomic E-state index is 12.1. The van der Waals surface area contributed by atoms with Crippen molar-refractivity contribution in [1.29, 1.82) is 0 Å². The van der Waals surface area contributed by atoms with Gasteiger partial charge >= 0.3 is 0 Å². The highest BCUT2D eigenvalue weighted by Crippen LogP contribution is 2.31. The quantitative estimate of drug-likeness (QED) is 0.838. The van der Waals surface area contributed by atoms with Crippen molar-refractivity contribution in [2.75, 3.05) is 5.75 Å². The number of aryl methyl sites for hydroxylation is 1. The van der Waals surface area contributed by atoms with Gasteiger partial charge in [0.1, 0.15) is 0 Å². The van der Waals surface area contributed by atoms with Gasteiger partial charge in [-0.2, -0.15) is 11.8 Å². The number of thiocarbonyl (C=S) groups is 1. The Morgan fingerprint density at radius 3 is 3.11 bits per heavy atom. The molecule has 1 aliphatic heterocycles. The van der Waals surface area contributed by atoms with Crippen LogP contribution in [0.4, 0.5) is 0 Å². The Morgan fingerprint density at radius 1 is 1.67 bits per heavy atom. The molecule has 3 nitrogen and oxygen atoms in total. The lowest BCUT2D eigenvalue weighted by Crippen LogP contribution is -2.34. The molecule has 0 radical (unpaired) electrons. The molecule has 3 N–H and O–H groups in total. The number of carbonyl (C=O) groups is 1. The number of hydrogen-bond donors (Lipinski definition) is 2. The van der Waals surface area contributed by atoms with E-state index in [0.717, 1.165) is 22.8 Å². The summed E-state index contributed by atoms with van der Waals surface area (Å²) in [4.78, 5) is 14.7. The zero-order valence-electron chi connectivity index (χ0n) is 10.2. The highest BCUT2D eigenvalue weighted by atomic mass is 32.2. The number of fused-ring (bicyclic) bond motifs is 1. The molecule has 0 aliphatic carbocycles. The number of thioether (sulfide) groups is 1. The molecule has 1 unspecified atom stereocenters. The van der Waals surface area contributed by atoms with E-state index in [0.29, 0.717) is 11.4 Å². The van der Waals surface area contributed by atoms with Crippen LogP contribution in [0, 0.1) is 0 Å². The average Bonchev–Trinajstić information content (AvgIpc) is 2.71. The van der Waals surface area contributed by atoms with Crippen molar-refractivity contribution < 1.29 is 4.79 Å². The molecular weight excluding hydrogens is 284 g/mol. The molecule has 0 fully saturated rings. The fourth-order valence-corrected chi connectivity index (χ4v) is 4.43. The number of nitrogens with two attached hydrogens (primary N) is 1. The SMILES string of the molecule is CC(CC(N)=S)NC(=O)c1cc2c(s1)CCSC2. The molecule has 0 spiro atoms. The molecule has 2 rings (SSSR count). The second-order valence-corrected chi connectivity index (χ2v) is 7.17. The minimum absolute atomic E-state index is 0.0106. The van der Waals surface area contributed by atoms with Crippen molar-refractivity contribution in [3.05, 3.63) is 21.4 Å². The van der Waals surface area contributed by atoms with Crippen LogP contribution in [0.5, 0.6) is 0 Å². The Hall–Kier alpha value is -0.590. The average molecular weight is 300 g/mol. The summed E-state index contributed by atoms with van der Waals surface area (Å²) in [6, 6.07) is 2.01. The zero-order chi connectivity index (χ0) is 13.1. The van der Waals surface area contributed by atoms with Crippen LogP contribution in [-0.2, 0) is 12.2 Å². The fraction of sp³-hybridized carbons (Fsp3) is 0.500. The molecule has 0 saturated carbocycles. The van der Waals surface area contributed by atoms with Crippen molar-refractivity contribution in [2.24, 2.45) is 5.73 Å². The van der Waals surface area contributed by atoms with Crippen molar-refractivity contribution in [3.63, 3.8) is 0 Å². The molecule has 98 valence electrons. The van der Waals surface area contributed by atoms with Crippen LogP contribution in [0.25, 0.3) is 0 Å². The van der Waals surface area contributed by atoms with Crippen molar-refractivity contribution in [3.8, 4) is 0 Å². The number of amides is 1. The lowest BCUT2D eigenvalue weighted by molar-refractivity contribution is 0.0945. The summed E-state index contributed by atoms with van der Waals surface area (Å²) in [6.45, 7) is 1.92. The van der Waals surface area contributed by atoms with Gasteiger partial charge in [-0.3, -0.25) is 4.79 Å². The molecule has 6 heteroatoms. The molecule has 1 aliphatic rings. The number of carbonyl (C=O) groups excluding carboxylic acids is 1. The van der Waals surface area contributed by atoms with E-state index >= 15 is 0 Å². The summed E-state index contributed by atoms with van der Waals surface area (Å²) in [5.74, 6) is 2.18. The number of nitrogens with one attached hydrogen (secondary N) is 1. The lowest BCUT2D eigenvalue weighted by atomic mass is 10.2. The van der Waals surface area contributed by atoms with Crippen LogP contribution in [0.1, 0.15) is 33.5 Å². The minimum Gasteiger partial charge on any atom is -0.393 e. The van der Waals surface area contributed by atoms with Gasteiger partial charge in [-0.1, -0.05) is 12.2 Å². The molecule has 1 atom stereocenters. The fourth-order valence-electron chi connectivity index (χ4n) is 1.91. The second-order valence-electron chi connectivity index (χ2n) is 4.41. The van der Waals surface area contributed by atoms with E-state index in [1.54, 1.807) is 11.3 Å². The molecule has 1 aromatic heterocycles. The number of thiophene rings is 1. The predicted octanol–water partition coefficient (Wildman–Crippen LogP) is 2.33. The zero-order valence-corrected chi connectivity index (χ0v) is 12.6. The van der Waals surface area contributed by atoms with Gasteiger partial charge in [0.05, 0.1) is 9.87 Å². The molecule has 18 heavy (non-hydrogen) atoms. The first-order valence-corrected chi connectivity index (χ1v) is 8.22. The van der Waals surface area contributed by atoms with Gasteiger partial charge in [0.15, 0.2) is 0 Å². The summed E-state index contributed by atoms with van der Waals surface area (Å²) in [7, 11) is 0. The third-order valence-electron chi connectivity index (χ3n) is 2.74. The second kappa shape index (κ2) is 6.04. The van der Waals surface area contributed by atoms with E-state index in [1.165, 1.54) is 10.4 Å². The van der Waals surface area contributed by atoms with Gasteiger partial charge in [0.25, 0.3) is 5.91 Å². The summed E-state index contributed by atoms with van der Waals surface area (Å²) in [5.41, 5.74) is 6.79. The summed E-state index contributed by atoms with van der Waals surface area (Å²) >= 11 is 8.38. The molecule has 1 aromatic rings. The lowest BCUT2D eigenvalue weighted by Gasteiger charge is -2.11. The Bertz CT molecular complexity index is 446. The van der Waals surface area contributed by atoms with E-state index in [2.05, 4.69) is 5.32 Å². The van der Waals surface area contributed by atoms with Gasteiger partial charge < -0.3 is 11.1 Å². The minimum atomic E-state index is -0.0110. The van der Waals surface area contributed by atoms with E-state index in [9.17, 15) is 4.79 Å². The smallest absolute Gasteiger partial charge is 0.261 e. The molecule has 2 heterocycles. The van der Waals surface area contributed by atoms with E-state index in [-0.39, 0.29) is 11.9 Å². The summed E-state index contributed by atoms with van der Waals surface area (Å²) in [5, 5.41) is 2.93. The van der Waals surface area contributed by atoms with E-state index < -0.39 is 0 Å². The highest BCUT2D eigenvalue weighted by molar-refractivity contribution is 7.98. The molecule has 1 amide bonds. The molecule has 0 aromatic carbocycles. The maximum Gasteiger partial charge on any atom is 0.261 e. The maximum atomic E-state index is 12.1. The van der Waals surface area contributed by atoms with Crippen molar-refractivity contribution in [1.82, 2.24) is 5.32 Å². The van der Waals surface area contributed by atoms with Gasteiger partial charge in [-0.25, -0.2) is 0 Å². The Morgan fingerprint density at radius 2 is 2.44 bits per heavy atom. The third kappa shape index (κ3) is 3.46. The predicted molar refractivity (Wildman–Crippen MR) is 82.5 cm³/mol. The van der Waals surface area contributed by atoms with Gasteiger partial charge in [0, 0.05) is 23.1 Å². The summed E-state index contributed by atoms with van der Waals surface area (Å²) < 4.78 is 0. The molecule has 0 bridgehead atoms. The number of rotatable bonds is 4. The van der Waals surface area contributed by atoms with Crippen LogP contribution in [0.2, 0.25) is 0 Å². The van der Waals surface area contributed by atoms with E-state index in [1.807, 2.05) is 24.8 Å². The topological polar surface area (TPSA) is 55.1 Å². The van der Waals surface area contributed by atoms with E-state index in [4.69, 9.17) is 18.0 Å². The molecular formula is C12H16N2OS3. The first-order valence-electron chi connectivity index (χ1n) is 5.84. The Kier molecular flexibility index (Phi) is 4.64. The van der Waals surface area contributed by atoms with Crippen molar-refractivity contribution in [2.45, 2.75) is 31.6 Å². The van der Waals surface area contributed by atoms with Gasteiger partial charge in [0.2, 0.25) is 0 Å². The van der Waals surface area contributed by atoms with Crippen molar-refractivity contribution >= 4 is 46.2 Å². The largest absolute Gasteiger partial charge is 0.393 e. The van der Waals surface area contributed by atoms with Gasteiger partial charge in [-0.05, 0) is 30.7 Å². The third-order valence-corrected chi connectivity index (χ3v) is 5.15. The number of hydrogen-bond acceptors (Lipinski definition) is 4. The normalized spacial score (nSPS) is 15.8. The summed E-state index contributed by atoms with van der Waals surface area (Å²) in [6.07, 6.45) is 1.63. The molecule has 0 saturated heterocycles. The highest BCUT2D eigenvalue weighted by Gasteiger charge is 2.18. The van der Waals surface area contributed by atoms with Gasteiger partial charge in [-0.15, -0.1) is 11.3 Å². The first-order chi connectivity index (χ1) is 8.56. The Balaban J connectivity index is 2.00.